The minimum atomic E-state index is -4.02. The fourth-order valence-corrected chi connectivity index (χ4v) is 3.52. The van der Waals surface area contributed by atoms with Crippen molar-refractivity contribution in [2.24, 2.45) is 0 Å². The van der Waals surface area contributed by atoms with Gasteiger partial charge in [0.1, 0.15) is 12.6 Å². The summed E-state index contributed by atoms with van der Waals surface area (Å²) in [6.45, 7) is 2.78. The number of aliphatic carboxylic acids is 1. The van der Waals surface area contributed by atoms with Crippen molar-refractivity contribution in [2.45, 2.75) is 31.2 Å². The second-order valence-electron chi connectivity index (χ2n) is 4.31. The van der Waals surface area contributed by atoms with Crippen molar-refractivity contribution in [1.82, 2.24) is 4.31 Å². The van der Waals surface area contributed by atoms with Crippen LogP contribution in [0.2, 0.25) is 0 Å². The van der Waals surface area contributed by atoms with E-state index in [2.05, 4.69) is 0 Å². The molecule has 7 heteroatoms. The summed E-state index contributed by atoms with van der Waals surface area (Å²) in [6.07, 6.45) is 0.473. The Balaban J connectivity index is 3.37. The van der Waals surface area contributed by atoms with Crippen LogP contribution in [0.4, 0.5) is 0 Å². The molecule has 6 nitrogen and oxygen atoms in total. The van der Waals surface area contributed by atoms with Crippen molar-refractivity contribution in [3.8, 4) is 6.07 Å². The van der Waals surface area contributed by atoms with Gasteiger partial charge in [0, 0.05) is 6.04 Å². The van der Waals surface area contributed by atoms with Gasteiger partial charge >= 0.3 is 5.97 Å². The number of nitriles is 1. The number of nitrogens with zero attached hydrogens (tertiary/aromatic N) is 2. The zero-order valence-corrected chi connectivity index (χ0v) is 12.1. The number of carboxylic acid groups (broad SMARTS) is 1. The molecule has 1 aromatic carbocycles. The van der Waals surface area contributed by atoms with Crippen LogP contribution in [0.25, 0.3) is 0 Å². The van der Waals surface area contributed by atoms with Gasteiger partial charge in [0.2, 0.25) is 10.0 Å². The van der Waals surface area contributed by atoms with E-state index in [4.69, 9.17) is 10.4 Å². The molecule has 1 unspecified atom stereocenters. The van der Waals surface area contributed by atoms with Crippen LogP contribution in [0.3, 0.4) is 0 Å². The maximum Gasteiger partial charge on any atom is 0.318 e. The third kappa shape index (κ3) is 3.35. The first-order chi connectivity index (χ1) is 9.34. The zero-order chi connectivity index (χ0) is 15.3. The topological polar surface area (TPSA) is 98.5 Å². The molecule has 0 bridgehead atoms. The van der Waals surface area contributed by atoms with Crippen molar-refractivity contribution in [1.29, 1.82) is 5.26 Å². The fourth-order valence-electron chi connectivity index (χ4n) is 1.72. The summed E-state index contributed by atoms with van der Waals surface area (Å²) in [5.41, 5.74) is 0.00573. The fraction of sp³-hybridized carbons (Fsp3) is 0.385. The van der Waals surface area contributed by atoms with Gasteiger partial charge in [0.15, 0.2) is 0 Å². The van der Waals surface area contributed by atoms with Crippen LogP contribution in [0.1, 0.15) is 25.8 Å². The zero-order valence-electron chi connectivity index (χ0n) is 11.3. The van der Waals surface area contributed by atoms with E-state index in [9.17, 15) is 13.2 Å². The van der Waals surface area contributed by atoms with Crippen LogP contribution in [0, 0.1) is 11.3 Å². The Morgan fingerprint density at radius 3 is 2.55 bits per heavy atom. The molecule has 0 aromatic heterocycles. The summed E-state index contributed by atoms with van der Waals surface area (Å²) in [4.78, 5) is 10.7. The van der Waals surface area contributed by atoms with E-state index < -0.39 is 28.6 Å². The quantitative estimate of drug-likeness (QED) is 0.856. The molecular formula is C13H16N2O4S. The van der Waals surface area contributed by atoms with Crippen LogP contribution >= 0.6 is 0 Å². The molecular weight excluding hydrogens is 280 g/mol. The maximum atomic E-state index is 12.6. The van der Waals surface area contributed by atoms with Crippen LogP contribution in [0.15, 0.2) is 29.2 Å². The number of benzene rings is 1. The van der Waals surface area contributed by atoms with Crippen molar-refractivity contribution in [3.05, 3.63) is 29.8 Å². The van der Waals surface area contributed by atoms with Crippen molar-refractivity contribution >= 4 is 16.0 Å². The SMILES string of the molecule is CCC(C)N(CC(=O)O)S(=O)(=O)c1ccccc1C#N. The molecule has 0 spiro atoms. The number of rotatable bonds is 6. The highest BCUT2D eigenvalue weighted by Crippen LogP contribution is 2.22. The van der Waals surface area contributed by atoms with Gasteiger partial charge in [-0.15, -0.1) is 0 Å². The average Bonchev–Trinajstić information content (AvgIpc) is 2.43. The molecule has 0 aliphatic carbocycles. The minimum Gasteiger partial charge on any atom is -0.480 e. The maximum absolute atomic E-state index is 12.6. The lowest BCUT2D eigenvalue weighted by Crippen LogP contribution is -2.42. The van der Waals surface area contributed by atoms with Gasteiger partial charge in [-0.1, -0.05) is 19.1 Å². The molecule has 108 valence electrons. The minimum absolute atomic E-state index is 0.00573. The van der Waals surface area contributed by atoms with E-state index in [-0.39, 0.29) is 10.5 Å². The van der Waals surface area contributed by atoms with Crippen LogP contribution < -0.4 is 0 Å². The van der Waals surface area contributed by atoms with Gasteiger partial charge in [-0.05, 0) is 25.5 Å². The van der Waals surface area contributed by atoms with Gasteiger partial charge in [-0.3, -0.25) is 4.79 Å². The van der Waals surface area contributed by atoms with Crippen LogP contribution in [-0.2, 0) is 14.8 Å². The first-order valence-corrected chi connectivity index (χ1v) is 7.51. The van der Waals surface area contributed by atoms with E-state index in [0.717, 1.165) is 4.31 Å². The number of sulfonamides is 1. The first-order valence-electron chi connectivity index (χ1n) is 6.07. The van der Waals surface area contributed by atoms with E-state index >= 15 is 0 Å². The molecule has 0 amide bonds. The predicted molar refractivity (Wildman–Crippen MR) is 72.4 cm³/mol. The molecule has 0 saturated heterocycles. The van der Waals surface area contributed by atoms with Gasteiger partial charge in [-0.2, -0.15) is 9.57 Å². The van der Waals surface area contributed by atoms with Crippen LogP contribution in [0.5, 0.6) is 0 Å². The Labute approximate surface area is 118 Å². The Morgan fingerprint density at radius 1 is 1.45 bits per heavy atom. The molecule has 0 aliphatic rings. The molecule has 0 heterocycles. The molecule has 0 radical (unpaired) electrons. The highest BCUT2D eigenvalue weighted by Gasteiger charge is 2.31. The summed E-state index contributed by atoms with van der Waals surface area (Å²) < 4.78 is 26.0. The molecule has 1 atom stereocenters. The summed E-state index contributed by atoms with van der Waals surface area (Å²) in [5.74, 6) is -1.23. The third-order valence-corrected chi connectivity index (χ3v) is 4.99. The second kappa shape index (κ2) is 6.50. The highest BCUT2D eigenvalue weighted by atomic mass is 32.2. The Morgan fingerprint density at radius 2 is 2.05 bits per heavy atom. The molecule has 0 aliphatic heterocycles. The summed E-state index contributed by atoms with van der Waals surface area (Å²) in [7, 11) is -4.02. The lowest BCUT2D eigenvalue weighted by atomic mass is 10.2. The monoisotopic (exact) mass is 296 g/mol. The summed E-state index contributed by atoms with van der Waals surface area (Å²) in [6, 6.07) is 7.11. The van der Waals surface area contributed by atoms with E-state index in [1.165, 1.54) is 18.2 Å². The Kier molecular flexibility index (Phi) is 5.25. The molecule has 20 heavy (non-hydrogen) atoms. The standard InChI is InChI=1S/C13H16N2O4S/c1-3-10(2)15(9-13(16)17)20(18,19)12-7-5-4-6-11(12)8-14/h4-7,10H,3,9H2,1-2H3,(H,16,17). The van der Waals surface area contributed by atoms with Gasteiger partial charge in [0.05, 0.1) is 10.5 Å². The lowest BCUT2D eigenvalue weighted by molar-refractivity contribution is -0.137. The lowest BCUT2D eigenvalue weighted by Gasteiger charge is -2.26. The predicted octanol–water partition coefficient (Wildman–Crippen LogP) is 1.43. The number of carbonyl (C=O) groups is 1. The molecule has 1 rings (SSSR count). The number of hydrogen-bond donors (Lipinski definition) is 1. The second-order valence-corrected chi connectivity index (χ2v) is 6.17. The van der Waals surface area contributed by atoms with Crippen molar-refractivity contribution < 1.29 is 18.3 Å². The summed E-state index contributed by atoms with van der Waals surface area (Å²) >= 11 is 0. The highest BCUT2D eigenvalue weighted by molar-refractivity contribution is 7.89. The normalized spacial score (nSPS) is 12.9. The first kappa shape index (κ1) is 16.1. The third-order valence-electron chi connectivity index (χ3n) is 2.97. The number of carboxylic acids is 1. The smallest absolute Gasteiger partial charge is 0.318 e. The molecule has 1 N–H and O–H groups in total. The van der Waals surface area contributed by atoms with E-state index in [1.807, 2.05) is 6.07 Å². The van der Waals surface area contributed by atoms with Crippen molar-refractivity contribution in [2.75, 3.05) is 6.54 Å². The average molecular weight is 296 g/mol. The number of hydrogen-bond acceptors (Lipinski definition) is 4. The molecule has 0 saturated carbocycles. The van der Waals surface area contributed by atoms with Gasteiger partial charge in [0.25, 0.3) is 0 Å². The Bertz CT molecular complexity index is 634. The largest absolute Gasteiger partial charge is 0.480 e. The van der Waals surface area contributed by atoms with Crippen molar-refractivity contribution in [3.63, 3.8) is 0 Å². The van der Waals surface area contributed by atoms with Gasteiger partial charge < -0.3 is 5.11 Å². The Hall–Kier alpha value is -1.91. The van der Waals surface area contributed by atoms with Crippen LogP contribution in [-0.4, -0.2) is 36.4 Å². The molecule has 1 aromatic rings. The van der Waals surface area contributed by atoms with Gasteiger partial charge in [-0.25, -0.2) is 8.42 Å². The summed E-state index contributed by atoms with van der Waals surface area (Å²) in [5, 5.41) is 17.9. The molecule has 0 fully saturated rings. The van der Waals surface area contributed by atoms with E-state index in [0.29, 0.717) is 6.42 Å². The van der Waals surface area contributed by atoms with E-state index in [1.54, 1.807) is 19.9 Å².